The monoisotopic (exact) mass is 211 g/mol. The first kappa shape index (κ1) is 3.76. The highest BCUT2D eigenvalue weighted by Crippen LogP contribution is 2.18. The third-order valence-electron chi connectivity index (χ3n) is 0.741. The lowest BCUT2D eigenvalue weighted by molar-refractivity contribution is 0.146. The van der Waals surface area contributed by atoms with E-state index in [2.05, 4.69) is 20.9 Å². The highest BCUT2D eigenvalue weighted by Gasteiger charge is 2.07. The Hall–Kier alpha value is -0.510. The van der Waals surface area contributed by atoms with Crippen molar-refractivity contribution >= 4 is 15.9 Å². The molecule has 0 radical (unpaired) electrons. The van der Waals surface area contributed by atoms with Gasteiger partial charge in [0.05, 0.1) is 4.11 Å². The molecule has 0 saturated heterocycles. The lowest BCUT2D eigenvalue weighted by Gasteiger charge is -1.96. The second-order valence-electron chi connectivity index (χ2n) is 1.40. The summed E-state index contributed by atoms with van der Waals surface area (Å²) in [6.07, 6.45) is -4.71. The first-order valence-electron chi connectivity index (χ1n) is 4.26. The van der Waals surface area contributed by atoms with Crippen molar-refractivity contribution < 1.29 is 14.3 Å². The summed E-state index contributed by atoms with van der Waals surface area (Å²) in [5.41, 5.74) is -1.12. The van der Waals surface area contributed by atoms with Crippen LogP contribution in [0.1, 0.15) is 17.6 Å². The van der Waals surface area contributed by atoms with Crippen LogP contribution in [-0.4, -0.2) is 4.98 Å². The van der Waals surface area contributed by atoms with Crippen LogP contribution in [0.4, 0.5) is 8.78 Å². The zero-order valence-corrected chi connectivity index (χ0v) is 6.17. The molecule has 54 valence electrons. The van der Waals surface area contributed by atoms with Gasteiger partial charge in [-0.1, -0.05) is 15.9 Å². The van der Waals surface area contributed by atoms with Crippen molar-refractivity contribution in [1.29, 1.82) is 0 Å². The van der Waals surface area contributed by atoms with Crippen LogP contribution in [0.5, 0.6) is 0 Å². The first-order chi connectivity index (χ1) is 6.25. The van der Waals surface area contributed by atoms with Gasteiger partial charge >= 0.3 is 0 Å². The second-order valence-corrected chi connectivity index (χ2v) is 2.19. The van der Waals surface area contributed by atoms with E-state index in [1.165, 1.54) is 0 Å². The summed E-state index contributed by atoms with van der Waals surface area (Å²) < 4.78 is 52.6. The van der Waals surface area contributed by atoms with E-state index in [-0.39, 0.29) is 4.47 Å². The fourth-order valence-electron chi connectivity index (χ4n) is 0.386. The summed E-state index contributed by atoms with van der Waals surface area (Å²) in [4.78, 5) is 3.03. The summed E-state index contributed by atoms with van der Waals surface area (Å²) in [6, 6.07) is -1.17. The van der Waals surface area contributed by atoms with Gasteiger partial charge in [0, 0.05) is 10.6 Å². The van der Waals surface area contributed by atoms with Crippen LogP contribution in [0.15, 0.2) is 22.7 Å². The van der Waals surface area contributed by atoms with Gasteiger partial charge < -0.3 is 0 Å². The molecule has 0 saturated carbocycles. The van der Waals surface area contributed by atoms with Crippen LogP contribution in [0, 0.1) is 0 Å². The van der Waals surface area contributed by atoms with Gasteiger partial charge in [0.1, 0.15) is 7.06 Å². The molecule has 0 spiro atoms. The van der Waals surface area contributed by atoms with Crippen molar-refractivity contribution in [1.82, 2.24) is 4.98 Å². The Bertz CT molecular complexity index is 379. The molecular formula is C6H4BrF2N. The Labute approximate surface area is 70.8 Å². The smallest absolute Gasteiger partial charge is 0.255 e. The standard InChI is InChI=1S/C6H4BrF2N/c7-4-1-2-10-5(3-4)6(8)9/h1-3,6H/i1D,2D,3D,6D. The topological polar surface area (TPSA) is 12.9 Å². The van der Waals surface area contributed by atoms with E-state index in [1.54, 1.807) is 0 Å². The van der Waals surface area contributed by atoms with E-state index in [9.17, 15) is 8.78 Å². The number of pyridine rings is 1. The molecule has 0 aliphatic carbocycles. The van der Waals surface area contributed by atoms with Crippen molar-refractivity contribution in [3.05, 3.63) is 28.4 Å². The minimum absolute atomic E-state index is 0.251. The van der Waals surface area contributed by atoms with Gasteiger partial charge in [0.2, 0.25) is 0 Å². The molecule has 0 aromatic carbocycles. The second kappa shape index (κ2) is 3.05. The third kappa shape index (κ3) is 1.73. The predicted octanol–water partition coefficient (Wildman–Crippen LogP) is 2.78. The number of aromatic nitrogens is 1. The SMILES string of the molecule is [2H]c1nc(C([2H])(F)F)c([2H])c(Br)c1[2H]. The number of hydrogen-bond donors (Lipinski definition) is 0. The Morgan fingerprint density at radius 1 is 1.80 bits per heavy atom. The molecule has 4 heteroatoms. The Morgan fingerprint density at radius 3 is 3.10 bits per heavy atom. The third-order valence-corrected chi connectivity index (χ3v) is 1.14. The van der Waals surface area contributed by atoms with Gasteiger partial charge in [-0.3, -0.25) is 4.98 Å². The average Bonchev–Trinajstić information content (AvgIpc) is 2.06. The van der Waals surface area contributed by atoms with E-state index < -0.39 is 30.4 Å². The van der Waals surface area contributed by atoms with Gasteiger partial charge in [-0.05, 0) is 12.1 Å². The van der Waals surface area contributed by atoms with Crippen molar-refractivity contribution in [2.24, 2.45) is 0 Å². The van der Waals surface area contributed by atoms with E-state index in [0.717, 1.165) is 0 Å². The van der Waals surface area contributed by atoms with Crippen molar-refractivity contribution in [3.63, 3.8) is 0 Å². The molecule has 1 nitrogen and oxygen atoms in total. The quantitative estimate of drug-likeness (QED) is 0.697. The molecule has 0 N–H and O–H groups in total. The molecule has 1 rings (SSSR count). The molecule has 1 heterocycles. The first-order valence-corrected chi connectivity index (χ1v) is 3.06. The van der Waals surface area contributed by atoms with Crippen LogP contribution in [0.3, 0.4) is 0 Å². The van der Waals surface area contributed by atoms with Gasteiger partial charge in [0.25, 0.3) is 6.40 Å². The average molecular weight is 212 g/mol. The largest absolute Gasteiger partial charge is 0.280 e. The molecule has 0 amide bonds. The van der Waals surface area contributed by atoms with E-state index >= 15 is 0 Å². The highest BCUT2D eigenvalue weighted by atomic mass is 79.9. The summed E-state index contributed by atoms with van der Waals surface area (Å²) in [5, 5.41) is 0. The van der Waals surface area contributed by atoms with Crippen LogP contribution in [0.2, 0.25) is 0 Å². The van der Waals surface area contributed by atoms with Gasteiger partial charge in [-0.25, -0.2) is 8.78 Å². The highest BCUT2D eigenvalue weighted by molar-refractivity contribution is 9.10. The van der Waals surface area contributed by atoms with Crippen LogP contribution in [-0.2, 0) is 0 Å². The molecule has 0 unspecified atom stereocenters. The van der Waals surface area contributed by atoms with Crippen molar-refractivity contribution in [2.75, 3.05) is 0 Å². The van der Waals surface area contributed by atoms with Crippen molar-refractivity contribution in [2.45, 2.75) is 6.40 Å². The Kier molecular flexibility index (Phi) is 1.15. The summed E-state index contributed by atoms with van der Waals surface area (Å²) >= 11 is 2.72. The number of hydrogen-bond acceptors (Lipinski definition) is 1. The molecule has 0 atom stereocenters. The minimum Gasteiger partial charge on any atom is -0.255 e. The predicted molar refractivity (Wildman–Crippen MR) is 36.9 cm³/mol. The molecule has 0 aliphatic heterocycles. The van der Waals surface area contributed by atoms with Gasteiger partial charge in [-0.15, -0.1) is 0 Å². The molecule has 10 heavy (non-hydrogen) atoms. The van der Waals surface area contributed by atoms with Gasteiger partial charge in [-0.2, -0.15) is 0 Å². The summed E-state index contributed by atoms with van der Waals surface area (Å²) in [5.74, 6) is 0. The van der Waals surface area contributed by atoms with Crippen LogP contribution in [0.25, 0.3) is 0 Å². The number of alkyl halides is 2. The fraction of sp³-hybridized carbons (Fsp3) is 0.167. The molecule has 0 aliphatic rings. The summed E-state index contributed by atoms with van der Waals surface area (Å²) in [6.45, 7) is 0. The van der Waals surface area contributed by atoms with E-state index in [4.69, 9.17) is 5.48 Å². The summed E-state index contributed by atoms with van der Waals surface area (Å²) in [7, 11) is 0. The lowest BCUT2D eigenvalue weighted by Crippen LogP contribution is -1.87. The number of rotatable bonds is 1. The maximum Gasteiger partial charge on any atom is 0.280 e. The zero-order valence-electron chi connectivity index (χ0n) is 8.58. The number of nitrogens with zero attached hydrogens (tertiary/aromatic N) is 1. The Balaban J connectivity index is 3.49. The molecule has 1 aromatic heterocycles. The maximum absolute atomic E-state index is 12.5. The minimum atomic E-state index is -4.02. The van der Waals surface area contributed by atoms with E-state index in [0.29, 0.717) is 0 Å². The normalized spacial score (nSPS) is 17.1. The fourth-order valence-corrected chi connectivity index (χ4v) is 0.662. The van der Waals surface area contributed by atoms with Crippen LogP contribution < -0.4 is 0 Å². The van der Waals surface area contributed by atoms with Gasteiger partial charge in [0.15, 0.2) is 0 Å². The molecule has 1 aromatic rings. The maximum atomic E-state index is 12.5. The zero-order chi connectivity index (χ0) is 11.1. The molecule has 0 bridgehead atoms. The lowest BCUT2D eigenvalue weighted by atomic mass is 10.4. The number of halogens is 3. The molecular weight excluding hydrogens is 204 g/mol. The Morgan fingerprint density at radius 2 is 2.50 bits per heavy atom. The molecule has 0 fully saturated rings. The van der Waals surface area contributed by atoms with E-state index in [1.807, 2.05) is 0 Å². The van der Waals surface area contributed by atoms with Crippen LogP contribution >= 0.6 is 15.9 Å². The van der Waals surface area contributed by atoms with Crippen molar-refractivity contribution in [3.8, 4) is 0 Å².